The van der Waals surface area contributed by atoms with Crippen LogP contribution in [-0.4, -0.2) is 81.7 Å². The first kappa shape index (κ1) is 27.9. The fourth-order valence-electron chi connectivity index (χ4n) is 3.43. The number of likely N-dealkylation sites (N-methyl/N-ethyl adjacent to an activating group) is 1. The second-order valence-corrected chi connectivity index (χ2v) is 9.12. The van der Waals surface area contributed by atoms with Crippen LogP contribution in [0.4, 0.5) is 0 Å². The molecule has 1 heterocycles. The monoisotopic (exact) mass is 515 g/mol. The highest BCUT2D eigenvalue weighted by atomic mass is 35.5. The molecule has 1 saturated heterocycles. The zero-order valence-electron chi connectivity index (χ0n) is 19.4. The van der Waals surface area contributed by atoms with Gasteiger partial charge in [-0.25, -0.2) is 0 Å². The van der Waals surface area contributed by atoms with Crippen molar-refractivity contribution in [2.75, 3.05) is 27.4 Å². The van der Waals surface area contributed by atoms with Gasteiger partial charge in [0.05, 0.1) is 24.2 Å². The van der Waals surface area contributed by atoms with Gasteiger partial charge in [-0.15, -0.1) is 0 Å². The molecule has 2 N–H and O–H groups in total. The van der Waals surface area contributed by atoms with Gasteiger partial charge in [0.1, 0.15) is 12.8 Å². The average molecular weight is 516 g/mol. The van der Waals surface area contributed by atoms with Crippen LogP contribution in [0.25, 0.3) is 0 Å². The minimum Gasteiger partial charge on any atom is -0.536 e. The third kappa shape index (κ3) is 7.87. The Kier molecular flexibility index (Phi) is 10.6. The van der Waals surface area contributed by atoms with Crippen LogP contribution in [0.5, 0.6) is 0 Å². The predicted octanol–water partition coefficient (Wildman–Crippen LogP) is 0.936. The second-order valence-electron chi connectivity index (χ2n) is 8.27. The zero-order chi connectivity index (χ0) is 25.4. The third-order valence-electron chi connectivity index (χ3n) is 5.02. The van der Waals surface area contributed by atoms with Gasteiger partial charge >= 0.3 is 19.4 Å². The Labute approximate surface area is 208 Å². The lowest BCUT2D eigenvalue weighted by Gasteiger charge is -2.22. The van der Waals surface area contributed by atoms with Crippen molar-refractivity contribution in [2.45, 2.75) is 38.4 Å². The molecule has 0 unspecified atom stereocenters. The summed E-state index contributed by atoms with van der Waals surface area (Å²) in [6.45, 7) is 3.66. The van der Waals surface area contributed by atoms with Crippen LogP contribution in [0.3, 0.4) is 0 Å². The molecule has 13 heteroatoms. The summed E-state index contributed by atoms with van der Waals surface area (Å²) in [4.78, 5) is 50.8. The maximum Gasteiger partial charge on any atom is 0.366 e. The number of hydrogen-bond acceptors (Lipinski definition) is 8. The first-order valence-corrected chi connectivity index (χ1v) is 11.4. The number of amides is 2. The summed E-state index contributed by atoms with van der Waals surface area (Å²) < 4.78 is 15.5. The Balaban J connectivity index is 1.92. The predicted molar refractivity (Wildman–Crippen MR) is 127 cm³/mol. The van der Waals surface area contributed by atoms with Crippen LogP contribution in [0.15, 0.2) is 18.2 Å². The molecule has 2 amide bonds. The Morgan fingerprint density at radius 1 is 1.24 bits per heavy atom. The fraction of sp³-hybridized carbons (Fsp3) is 0.524. The maximum absolute atomic E-state index is 12.6. The molecule has 0 saturated carbocycles. The number of carbonyl (C=O) groups is 4. The molecule has 0 aliphatic carbocycles. The standard InChI is InChI=1S/C21H28BCl2N3O7/c1-11(2)7-15(22-34-21(31)18-17(20(30)32-4)27(3)10-33-18)26-16(28)9-25-19(29)13-8-12(23)5-6-14(13)24/h5-6,8,11,15,17-18,22H,7,9-10H2,1-4H3,(H,25,29)(H,26,28)/t15-,17+,18+/m0/s1. The molecule has 1 fully saturated rings. The Morgan fingerprint density at radius 3 is 2.59 bits per heavy atom. The van der Waals surface area contributed by atoms with E-state index >= 15 is 0 Å². The number of carbonyl (C=O) groups excluding carboxylic acids is 4. The van der Waals surface area contributed by atoms with Crippen molar-refractivity contribution in [1.82, 2.24) is 15.5 Å². The second kappa shape index (κ2) is 12.9. The lowest BCUT2D eigenvalue weighted by molar-refractivity contribution is -0.154. The zero-order valence-corrected chi connectivity index (χ0v) is 20.9. The smallest absolute Gasteiger partial charge is 0.366 e. The van der Waals surface area contributed by atoms with Gasteiger partial charge in [-0.1, -0.05) is 37.0 Å². The highest BCUT2D eigenvalue weighted by molar-refractivity contribution is 6.36. The normalized spacial score (nSPS) is 18.8. The quantitative estimate of drug-likeness (QED) is 0.348. The van der Waals surface area contributed by atoms with Gasteiger partial charge in [0.25, 0.3) is 5.91 Å². The van der Waals surface area contributed by atoms with Gasteiger partial charge in [-0.05, 0) is 37.6 Å². The SMILES string of the molecule is COC(=O)[C@H]1[C@H](C(=O)OB[C@H](CC(C)C)NC(=O)CNC(=O)c2cc(Cl)ccc2Cl)OCN1C. The number of benzene rings is 1. The van der Waals surface area contributed by atoms with Gasteiger partial charge in [-0.3, -0.25) is 24.1 Å². The largest absolute Gasteiger partial charge is 0.536 e. The van der Waals surface area contributed by atoms with Gasteiger partial charge < -0.3 is 24.8 Å². The number of rotatable bonds is 10. The number of ether oxygens (including phenoxy) is 2. The molecule has 10 nitrogen and oxygen atoms in total. The van der Waals surface area contributed by atoms with E-state index in [1.807, 2.05) is 13.8 Å². The van der Waals surface area contributed by atoms with Crippen molar-refractivity contribution in [3.05, 3.63) is 33.8 Å². The summed E-state index contributed by atoms with van der Waals surface area (Å²) in [5.41, 5.74) is 0.149. The van der Waals surface area contributed by atoms with Gasteiger partial charge in [-0.2, -0.15) is 0 Å². The van der Waals surface area contributed by atoms with Crippen molar-refractivity contribution in [3.8, 4) is 0 Å². The number of nitrogens with zero attached hydrogens (tertiary/aromatic N) is 1. The highest BCUT2D eigenvalue weighted by Crippen LogP contribution is 2.20. The van der Waals surface area contributed by atoms with Gasteiger partial charge in [0.2, 0.25) is 5.91 Å². The molecule has 34 heavy (non-hydrogen) atoms. The van der Waals surface area contributed by atoms with Crippen molar-refractivity contribution in [1.29, 1.82) is 0 Å². The van der Waals surface area contributed by atoms with E-state index in [0.717, 1.165) is 0 Å². The molecule has 0 aromatic heterocycles. The molecular weight excluding hydrogens is 488 g/mol. The van der Waals surface area contributed by atoms with E-state index in [0.29, 0.717) is 11.4 Å². The summed E-state index contributed by atoms with van der Waals surface area (Å²) in [6, 6.07) is 3.53. The van der Waals surface area contributed by atoms with E-state index in [1.165, 1.54) is 19.2 Å². The van der Waals surface area contributed by atoms with E-state index in [1.54, 1.807) is 18.0 Å². The van der Waals surface area contributed by atoms with E-state index in [-0.39, 0.29) is 37.3 Å². The lowest BCUT2D eigenvalue weighted by Crippen LogP contribution is -2.48. The van der Waals surface area contributed by atoms with Crippen molar-refractivity contribution >= 4 is 54.4 Å². The molecule has 1 aliphatic rings. The minimum atomic E-state index is -1.13. The Morgan fingerprint density at radius 2 is 1.94 bits per heavy atom. The van der Waals surface area contributed by atoms with Gasteiger partial charge in [0, 0.05) is 11.0 Å². The first-order chi connectivity index (χ1) is 16.0. The molecule has 1 aromatic carbocycles. The summed E-state index contributed by atoms with van der Waals surface area (Å²) in [5.74, 6) is -2.70. The van der Waals surface area contributed by atoms with E-state index in [2.05, 4.69) is 10.6 Å². The number of hydrogen-bond donors (Lipinski definition) is 2. The third-order valence-corrected chi connectivity index (χ3v) is 5.59. The van der Waals surface area contributed by atoms with E-state index in [9.17, 15) is 19.2 Å². The number of methoxy groups -OCH3 is 1. The summed E-state index contributed by atoms with van der Waals surface area (Å²) in [5, 5.41) is 5.78. The summed E-state index contributed by atoms with van der Waals surface area (Å²) >= 11 is 11.9. The van der Waals surface area contributed by atoms with Crippen LogP contribution >= 0.6 is 23.2 Å². The molecule has 1 aromatic rings. The molecular formula is C21H28BCl2N3O7. The fourth-order valence-corrected chi connectivity index (χ4v) is 3.81. The topological polar surface area (TPSA) is 123 Å². The molecule has 0 radical (unpaired) electrons. The molecule has 3 atom stereocenters. The number of halogens is 2. The number of esters is 1. The van der Waals surface area contributed by atoms with Gasteiger partial charge in [0.15, 0.2) is 6.10 Å². The van der Waals surface area contributed by atoms with E-state index < -0.39 is 41.8 Å². The molecule has 1 aliphatic heterocycles. The van der Waals surface area contributed by atoms with Crippen LogP contribution in [0.1, 0.15) is 30.6 Å². The van der Waals surface area contributed by atoms with E-state index in [4.69, 9.17) is 37.3 Å². The minimum absolute atomic E-state index is 0.0715. The molecule has 2 rings (SSSR count). The average Bonchev–Trinajstić information content (AvgIpc) is 3.17. The van der Waals surface area contributed by atoms with Crippen molar-refractivity contribution in [2.24, 2.45) is 5.92 Å². The molecule has 0 bridgehead atoms. The van der Waals surface area contributed by atoms with Crippen LogP contribution in [0, 0.1) is 5.92 Å². The number of nitrogens with one attached hydrogen (secondary N) is 2. The van der Waals surface area contributed by atoms with Crippen molar-refractivity contribution in [3.63, 3.8) is 0 Å². The Bertz CT molecular complexity index is 918. The summed E-state index contributed by atoms with van der Waals surface area (Å²) in [6.07, 6.45) is -0.617. The summed E-state index contributed by atoms with van der Waals surface area (Å²) in [7, 11) is 2.72. The van der Waals surface area contributed by atoms with Crippen LogP contribution < -0.4 is 10.6 Å². The highest BCUT2D eigenvalue weighted by Gasteiger charge is 2.44. The lowest BCUT2D eigenvalue weighted by atomic mass is 9.81. The Hall–Kier alpha value is -2.34. The molecule has 0 spiro atoms. The first-order valence-electron chi connectivity index (χ1n) is 10.6. The van der Waals surface area contributed by atoms with Crippen molar-refractivity contribution < 1.29 is 33.3 Å². The van der Waals surface area contributed by atoms with Crippen LogP contribution in [-0.2, 0) is 28.5 Å². The molecule has 186 valence electrons. The maximum atomic E-state index is 12.6. The van der Waals surface area contributed by atoms with Crippen LogP contribution in [0.2, 0.25) is 10.0 Å².